The van der Waals surface area contributed by atoms with Gasteiger partial charge in [0.2, 0.25) is 0 Å². The fraction of sp³-hybridized carbons (Fsp3) is 0.364. The van der Waals surface area contributed by atoms with Crippen molar-refractivity contribution in [2.45, 2.75) is 25.8 Å². The molecule has 4 rings (SSSR count). The second-order valence-corrected chi connectivity index (χ2v) is 7.77. The highest BCUT2D eigenvalue weighted by molar-refractivity contribution is 6.31. The molecule has 3 aromatic rings. The van der Waals surface area contributed by atoms with Crippen LogP contribution in [0.1, 0.15) is 27.3 Å². The number of likely N-dealkylation sites (N-methyl/N-ethyl adjacent to an activating group) is 1. The number of aryl methyl sites for hydroxylation is 2. The Kier molecular flexibility index (Phi) is 5.38. The number of benzene rings is 1. The molecule has 5 nitrogen and oxygen atoms in total. The lowest BCUT2D eigenvalue weighted by molar-refractivity contribution is 0.0594. The molecular formula is C22H24ClN3O2. The molecule has 3 heterocycles. The van der Waals surface area contributed by atoms with Gasteiger partial charge in [0.25, 0.3) is 0 Å². The van der Waals surface area contributed by atoms with E-state index in [1.165, 1.54) is 29.3 Å². The van der Waals surface area contributed by atoms with Crippen LogP contribution in [0.5, 0.6) is 0 Å². The zero-order valence-corrected chi connectivity index (χ0v) is 17.0. The van der Waals surface area contributed by atoms with Crippen LogP contribution in [0.15, 0.2) is 36.5 Å². The van der Waals surface area contributed by atoms with E-state index in [2.05, 4.69) is 33.6 Å². The fourth-order valence-electron chi connectivity index (χ4n) is 4.02. The quantitative estimate of drug-likeness (QED) is 0.629. The largest absolute Gasteiger partial charge is 0.464 e. The van der Waals surface area contributed by atoms with E-state index in [9.17, 15) is 4.79 Å². The summed E-state index contributed by atoms with van der Waals surface area (Å²) < 4.78 is 7.15. The lowest BCUT2D eigenvalue weighted by atomic mass is 10.1. The molecule has 0 spiro atoms. The van der Waals surface area contributed by atoms with Crippen molar-refractivity contribution >= 4 is 28.5 Å². The molecule has 0 bridgehead atoms. The number of fused-ring (bicyclic) bond motifs is 3. The van der Waals surface area contributed by atoms with Crippen molar-refractivity contribution in [2.24, 2.45) is 0 Å². The third-order valence-electron chi connectivity index (χ3n) is 5.57. The molecule has 0 aliphatic carbocycles. The molecule has 0 fully saturated rings. The van der Waals surface area contributed by atoms with Crippen molar-refractivity contribution in [3.05, 3.63) is 64.1 Å². The summed E-state index contributed by atoms with van der Waals surface area (Å²) in [5.41, 5.74) is 5.53. The van der Waals surface area contributed by atoms with Crippen LogP contribution >= 0.6 is 11.6 Å². The van der Waals surface area contributed by atoms with E-state index in [-0.39, 0.29) is 0 Å². The Bertz CT molecular complexity index is 1010. The van der Waals surface area contributed by atoms with Crippen LogP contribution in [0.3, 0.4) is 0 Å². The van der Waals surface area contributed by atoms with Gasteiger partial charge in [-0.05, 0) is 55.3 Å². The number of rotatable bonds is 4. The zero-order valence-electron chi connectivity index (χ0n) is 16.2. The van der Waals surface area contributed by atoms with Crippen LogP contribution < -0.4 is 0 Å². The van der Waals surface area contributed by atoms with E-state index in [1.54, 1.807) is 12.3 Å². The van der Waals surface area contributed by atoms with Gasteiger partial charge in [-0.1, -0.05) is 17.7 Å². The van der Waals surface area contributed by atoms with Gasteiger partial charge in [-0.2, -0.15) is 0 Å². The minimum Gasteiger partial charge on any atom is -0.464 e. The molecule has 28 heavy (non-hydrogen) atoms. The predicted molar refractivity (Wildman–Crippen MR) is 111 cm³/mol. The van der Waals surface area contributed by atoms with Gasteiger partial charge in [0.1, 0.15) is 5.69 Å². The molecule has 6 heteroatoms. The van der Waals surface area contributed by atoms with Crippen LogP contribution in [-0.4, -0.2) is 47.7 Å². The predicted octanol–water partition coefficient (Wildman–Crippen LogP) is 3.75. The van der Waals surface area contributed by atoms with Crippen LogP contribution in [0.4, 0.5) is 0 Å². The fourth-order valence-corrected chi connectivity index (χ4v) is 4.19. The molecular weight excluding hydrogens is 374 g/mol. The second kappa shape index (κ2) is 7.94. The van der Waals surface area contributed by atoms with E-state index < -0.39 is 5.97 Å². The number of hydrogen-bond acceptors (Lipinski definition) is 4. The molecule has 0 unspecified atom stereocenters. The van der Waals surface area contributed by atoms with E-state index in [0.29, 0.717) is 5.69 Å². The van der Waals surface area contributed by atoms with Gasteiger partial charge < -0.3 is 14.2 Å². The average molecular weight is 398 g/mol. The van der Waals surface area contributed by atoms with Crippen LogP contribution in [-0.2, 0) is 30.5 Å². The van der Waals surface area contributed by atoms with Gasteiger partial charge in [0.15, 0.2) is 0 Å². The molecule has 1 aromatic carbocycles. The molecule has 1 aliphatic heterocycles. The van der Waals surface area contributed by atoms with Crippen LogP contribution in [0.25, 0.3) is 10.9 Å². The third kappa shape index (κ3) is 3.64. The highest BCUT2D eigenvalue weighted by Crippen LogP contribution is 2.31. The lowest BCUT2D eigenvalue weighted by Crippen LogP contribution is -2.21. The number of hydrogen-bond donors (Lipinski definition) is 0. The SMILES string of the molecule is COC(=O)c1ccc(CCn2c3c(c4cc(Cl)ccc42)CCN(C)CC3)cn1. The summed E-state index contributed by atoms with van der Waals surface area (Å²) in [5, 5.41) is 2.06. The number of methoxy groups -OCH3 is 1. The zero-order chi connectivity index (χ0) is 19.7. The van der Waals surface area contributed by atoms with Gasteiger partial charge in [-0.3, -0.25) is 0 Å². The number of carbonyl (C=O) groups is 1. The lowest BCUT2D eigenvalue weighted by Gasteiger charge is -2.14. The molecule has 1 aliphatic rings. The third-order valence-corrected chi connectivity index (χ3v) is 5.80. The molecule has 0 N–H and O–H groups in total. The molecule has 0 saturated heterocycles. The first-order valence-corrected chi connectivity index (χ1v) is 9.96. The van der Waals surface area contributed by atoms with E-state index in [1.807, 2.05) is 12.1 Å². The maximum Gasteiger partial charge on any atom is 0.356 e. The van der Waals surface area contributed by atoms with E-state index in [0.717, 1.165) is 49.5 Å². The molecule has 0 saturated carbocycles. The first-order valence-electron chi connectivity index (χ1n) is 9.58. The maximum atomic E-state index is 11.6. The number of nitrogens with zero attached hydrogens (tertiary/aromatic N) is 3. The normalized spacial score (nSPS) is 14.7. The highest BCUT2D eigenvalue weighted by atomic mass is 35.5. The average Bonchev–Trinajstić information content (AvgIpc) is 2.86. The molecule has 2 aromatic heterocycles. The van der Waals surface area contributed by atoms with Gasteiger partial charge in [-0.15, -0.1) is 0 Å². The Morgan fingerprint density at radius 2 is 2.04 bits per heavy atom. The van der Waals surface area contributed by atoms with E-state index in [4.69, 9.17) is 16.3 Å². The van der Waals surface area contributed by atoms with Gasteiger partial charge in [0.05, 0.1) is 7.11 Å². The van der Waals surface area contributed by atoms with Crippen molar-refractivity contribution < 1.29 is 9.53 Å². The summed E-state index contributed by atoms with van der Waals surface area (Å²) in [7, 11) is 3.55. The smallest absolute Gasteiger partial charge is 0.356 e. The number of pyridine rings is 1. The Morgan fingerprint density at radius 3 is 2.79 bits per heavy atom. The van der Waals surface area contributed by atoms with Crippen molar-refractivity contribution in [2.75, 3.05) is 27.2 Å². The summed E-state index contributed by atoms with van der Waals surface area (Å²) in [5.74, 6) is -0.408. The van der Waals surface area contributed by atoms with Crippen molar-refractivity contribution in [3.8, 4) is 0 Å². The monoisotopic (exact) mass is 397 g/mol. The maximum absolute atomic E-state index is 11.6. The Balaban J connectivity index is 1.64. The Morgan fingerprint density at radius 1 is 1.21 bits per heavy atom. The van der Waals surface area contributed by atoms with Gasteiger partial charge in [-0.25, -0.2) is 9.78 Å². The van der Waals surface area contributed by atoms with Crippen molar-refractivity contribution in [1.29, 1.82) is 0 Å². The van der Waals surface area contributed by atoms with E-state index >= 15 is 0 Å². The summed E-state index contributed by atoms with van der Waals surface area (Å²) >= 11 is 6.30. The number of ether oxygens (including phenoxy) is 1. The molecule has 146 valence electrons. The number of aromatic nitrogens is 2. The first-order chi connectivity index (χ1) is 13.6. The second-order valence-electron chi connectivity index (χ2n) is 7.33. The highest BCUT2D eigenvalue weighted by Gasteiger charge is 2.20. The minimum absolute atomic E-state index is 0.337. The first kappa shape index (κ1) is 19.0. The van der Waals surface area contributed by atoms with Crippen molar-refractivity contribution in [1.82, 2.24) is 14.5 Å². The summed E-state index contributed by atoms with van der Waals surface area (Å²) in [6.45, 7) is 3.00. The summed E-state index contributed by atoms with van der Waals surface area (Å²) in [4.78, 5) is 18.2. The Hall–Kier alpha value is -2.37. The number of esters is 1. The number of carbonyl (C=O) groups excluding carboxylic acids is 1. The van der Waals surface area contributed by atoms with Crippen LogP contribution in [0, 0.1) is 0 Å². The van der Waals surface area contributed by atoms with Crippen molar-refractivity contribution in [3.63, 3.8) is 0 Å². The Labute approximate surface area is 169 Å². The standard InChI is InChI=1S/C22H24ClN3O2/c1-25-10-8-17-18-13-16(23)4-6-20(18)26(21(17)9-11-25)12-7-15-3-5-19(24-14-15)22(27)28-2/h3-6,13-14H,7-12H2,1-2H3. The summed E-state index contributed by atoms with van der Waals surface area (Å²) in [6.07, 6.45) is 4.70. The van der Waals surface area contributed by atoms with Gasteiger partial charge in [0, 0.05) is 53.9 Å². The molecule has 0 radical (unpaired) electrons. The molecule has 0 amide bonds. The molecule has 0 atom stereocenters. The number of halogens is 1. The van der Waals surface area contributed by atoms with Crippen LogP contribution in [0.2, 0.25) is 5.02 Å². The summed E-state index contributed by atoms with van der Waals surface area (Å²) in [6, 6.07) is 9.88. The van der Waals surface area contributed by atoms with Gasteiger partial charge >= 0.3 is 5.97 Å². The topological polar surface area (TPSA) is 47.4 Å². The minimum atomic E-state index is -0.408.